The van der Waals surface area contributed by atoms with E-state index in [0.29, 0.717) is 17.9 Å². The van der Waals surface area contributed by atoms with Gasteiger partial charge in [-0.1, -0.05) is 28.1 Å². The van der Waals surface area contributed by atoms with E-state index in [4.69, 9.17) is 11.0 Å². The normalized spacial score (nSPS) is 10.1. The Morgan fingerprint density at radius 1 is 1.56 bits per heavy atom. The highest BCUT2D eigenvalue weighted by atomic mass is 79.9. The van der Waals surface area contributed by atoms with Gasteiger partial charge in [-0.2, -0.15) is 9.64 Å². The van der Waals surface area contributed by atoms with Crippen LogP contribution in [-0.2, 0) is 6.54 Å². The summed E-state index contributed by atoms with van der Waals surface area (Å²) in [6, 6.07) is 10.1. The molecule has 1 heterocycles. The average molecular weight is 323 g/mol. The zero-order valence-electron chi connectivity index (χ0n) is 9.72. The minimum atomic E-state index is 0.304. The Kier molecular flexibility index (Phi) is 3.84. The molecule has 2 aromatic rings. The SMILES string of the molecule is CN(Cc1cccc(Br)c1)c1snc(N)c1C#N. The van der Waals surface area contributed by atoms with Crippen molar-refractivity contribution in [2.75, 3.05) is 17.7 Å². The highest BCUT2D eigenvalue weighted by molar-refractivity contribution is 9.10. The topological polar surface area (TPSA) is 65.9 Å². The van der Waals surface area contributed by atoms with Crippen molar-refractivity contribution < 1.29 is 0 Å². The van der Waals surface area contributed by atoms with Crippen LogP contribution in [0.5, 0.6) is 0 Å². The van der Waals surface area contributed by atoms with Crippen LogP contribution in [0.2, 0.25) is 0 Å². The summed E-state index contributed by atoms with van der Waals surface area (Å²) in [5.74, 6) is 0.304. The Balaban J connectivity index is 2.22. The molecule has 2 N–H and O–H groups in total. The van der Waals surface area contributed by atoms with Gasteiger partial charge in [0.1, 0.15) is 16.6 Å². The summed E-state index contributed by atoms with van der Waals surface area (Å²) in [6.45, 7) is 0.704. The van der Waals surface area contributed by atoms with Gasteiger partial charge in [-0.05, 0) is 29.2 Å². The molecule has 0 unspecified atom stereocenters. The maximum Gasteiger partial charge on any atom is 0.157 e. The first kappa shape index (κ1) is 12.9. The fourth-order valence-electron chi connectivity index (χ4n) is 1.64. The van der Waals surface area contributed by atoms with E-state index >= 15 is 0 Å². The lowest BCUT2D eigenvalue weighted by atomic mass is 10.2. The molecule has 0 bridgehead atoms. The first-order chi connectivity index (χ1) is 8.61. The van der Waals surface area contributed by atoms with Crippen molar-refractivity contribution in [2.45, 2.75) is 6.54 Å². The van der Waals surface area contributed by atoms with Crippen molar-refractivity contribution in [1.82, 2.24) is 4.37 Å². The number of benzene rings is 1. The van der Waals surface area contributed by atoms with Crippen LogP contribution in [0, 0.1) is 11.3 Å². The molecule has 0 amide bonds. The Bertz CT molecular complexity index is 602. The molecule has 0 radical (unpaired) electrons. The second kappa shape index (κ2) is 5.38. The van der Waals surface area contributed by atoms with Crippen molar-refractivity contribution in [2.24, 2.45) is 0 Å². The second-order valence-electron chi connectivity index (χ2n) is 3.85. The number of aromatic nitrogens is 1. The Morgan fingerprint density at radius 3 is 3.00 bits per heavy atom. The zero-order chi connectivity index (χ0) is 13.1. The average Bonchev–Trinajstić information content (AvgIpc) is 2.70. The molecule has 92 valence electrons. The smallest absolute Gasteiger partial charge is 0.157 e. The number of hydrogen-bond acceptors (Lipinski definition) is 5. The van der Waals surface area contributed by atoms with Gasteiger partial charge in [0.05, 0.1) is 0 Å². The maximum absolute atomic E-state index is 9.05. The van der Waals surface area contributed by atoms with E-state index in [0.717, 1.165) is 15.0 Å². The fourth-order valence-corrected chi connectivity index (χ4v) is 2.81. The summed E-state index contributed by atoms with van der Waals surface area (Å²) in [5, 5.41) is 9.85. The molecule has 0 aliphatic heterocycles. The highest BCUT2D eigenvalue weighted by Crippen LogP contribution is 2.29. The van der Waals surface area contributed by atoms with Crippen molar-refractivity contribution >= 4 is 38.3 Å². The van der Waals surface area contributed by atoms with Gasteiger partial charge in [0, 0.05) is 18.1 Å². The molecule has 0 saturated heterocycles. The van der Waals surface area contributed by atoms with E-state index in [-0.39, 0.29) is 0 Å². The van der Waals surface area contributed by atoms with Crippen molar-refractivity contribution in [3.05, 3.63) is 39.9 Å². The molecule has 1 aromatic carbocycles. The molecule has 2 rings (SSSR count). The monoisotopic (exact) mass is 322 g/mol. The zero-order valence-corrected chi connectivity index (χ0v) is 12.1. The van der Waals surface area contributed by atoms with Gasteiger partial charge in [-0.15, -0.1) is 0 Å². The van der Waals surface area contributed by atoms with Crippen LogP contribution in [0.1, 0.15) is 11.1 Å². The third kappa shape index (κ3) is 2.63. The van der Waals surface area contributed by atoms with Gasteiger partial charge in [0.15, 0.2) is 5.82 Å². The quantitative estimate of drug-likeness (QED) is 0.943. The van der Waals surface area contributed by atoms with Gasteiger partial charge in [0.25, 0.3) is 0 Å². The summed E-state index contributed by atoms with van der Waals surface area (Å²) >= 11 is 4.69. The van der Waals surface area contributed by atoms with Crippen molar-refractivity contribution in [1.29, 1.82) is 5.26 Å². The molecule has 0 aliphatic carbocycles. The van der Waals surface area contributed by atoms with E-state index in [2.05, 4.69) is 26.4 Å². The number of nitrogens with zero attached hydrogens (tertiary/aromatic N) is 3. The molecule has 0 atom stereocenters. The number of hydrogen-bond donors (Lipinski definition) is 1. The lowest BCUT2D eigenvalue weighted by molar-refractivity contribution is 0.932. The summed E-state index contributed by atoms with van der Waals surface area (Å²) in [6.07, 6.45) is 0. The first-order valence-corrected chi connectivity index (χ1v) is 6.79. The molecule has 6 heteroatoms. The number of nitrogens with two attached hydrogens (primary N) is 1. The van der Waals surface area contributed by atoms with E-state index in [1.807, 2.05) is 36.2 Å². The minimum Gasteiger partial charge on any atom is -0.382 e. The Morgan fingerprint density at radius 2 is 2.33 bits per heavy atom. The third-order valence-electron chi connectivity index (χ3n) is 2.47. The lowest BCUT2D eigenvalue weighted by Gasteiger charge is -2.17. The number of halogens is 1. The number of rotatable bonds is 3. The largest absolute Gasteiger partial charge is 0.382 e. The molecular formula is C12H11BrN4S. The fraction of sp³-hybridized carbons (Fsp3) is 0.167. The maximum atomic E-state index is 9.05. The Hall–Kier alpha value is -1.58. The first-order valence-electron chi connectivity index (χ1n) is 5.22. The van der Waals surface area contributed by atoms with Gasteiger partial charge >= 0.3 is 0 Å². The van der Waals surface area contributed by atoms with E-state index < -0.39 is 0 Å². The van der Waals surface area contributed by atoms with Crippen LogP contribution >= 0.6 is 27.5 Å². The van der Waals surface area contributed by atoms with Crippen LogP contribution in [0.15, 0.2) is 28.7 Å². The lowest BCUT2D eigenvalue weighted by Crippen LogP contribution is -2.16. The molecule has 0 aliphatic rings. The van der Waals surface area contributed by atoms with Crippen molar-refractivity contribution in [3.63, 3.8) is 0 Å². The molecule has 4 nitrogen and oxygen atoms in total. The van der Waals surface area contributed by atoms with E-state index in [9.17, 15) is 0 Å². The summed E-state index contributed by atoms with van der Waals surface area (Å²) < 4.78 is 5.05. The van der Waals surface area contributed by atoms with Crippen LogP contribution in [0.4, 0.5) is 10.8 Å². The molecule has 0 saturated carbocycles. The summed E-state index contributed by atoms with van der Waals surface area (Å²) in [7, 11) is 1.93. The molecule has 1 aromatic heterocycles. The van der Waals surface area contributed by atoms with Gasteiger partial charge in [-0.3, -0.25) is 0 Å². The van der Waals surface area contributed by atoms with E-state index in [1.165, 1.54) is 11.5 Å². The second-order valence-corrected chi connectivity index (χ2v) is 5.51. The third-order valence-corrected chi connectivity index (χ3v) is 3.94. The minimum absolute atomic E-state index is 0.304. The highest BCUT2D eigenvalue weighted by Gasteiger charge is 2.15. The van der Waals surface area contributed by atoms with Gasteiger partial charge < -0.3 is 10.6 Å². The predicted molar refractivity (Wildman–Crippen MR) is 77.5 cm³/mol. The number of nitrogen functional groups attached to an aromatic ring is 1. The van der Waals surface area contributed by atoms with Crippen LogP contribution in [0.3, 0.4) is 0 Å². The summed E-state index contributed by atoms with van der Waals surface area (Å²) in [4.78, 5) is 1.98. The predicted octanol–water partition coefficient (Wildman–Crippen LogP) is 3.00. The summed E-state index contributed by atoms with van der Waals surface area (Å²) in [5.41, 5.74) is 7.26. The molecular weight excluding hydrogens is 312 g/mol. The molecule has 0 fully saturated rings. The molecule has 0 spiro atoms. The number of anilines is 2. The standard InChI is InChI=1S/C12H11BrN4S/c1-17(7-8-3-2-4-9(13)5-8)12-10(6-14)11(15)16-18-12/h2-5H,7H2,1H3,(H2,15,16). The van der Waals surface area contributed by atoms with E-state index in [1.54, 1.807) is 0 Å². The molecule has 18 heavy (non-hydrogen) atoms. The van der Waals surface area contributed by atoms with Crippen molar-refractivity contribution in [3.8, 4) is 6.07 Å². The van der Waals surface area contributed by atoms with Crippen LogP contribution in [-0.4, -0.2) is 11.4 Å². The van der Waals surface area contributed by atoms with Crippen LogP contribution < -0.4 is 10.6 Å². The van der Waals surface area contributed by atoms with Gasteiger partial charge in [0.2, 0.25) is 0 Å². The Labute approximate surface area is 118 Å². The van der Waals surface area contributed by atoms with Crippen LogP contribution in [0.25, 0.3) is 0 Å². The van der Waals surface area contributed by atoms with Gasteiger partial charge in [-0.25, -0.2) is 0 Å². The number of nitriles is 1.